The molecule has 2 rings (SSSR count). The molecule has 1 aromatic rings. The smallest absolute Gasteiger partial charge is 0.218 e. The topological polar surface area (TPSA) is 49.6 Å². The van der Waals surface area contributed by atoms with Gasteiger partial charge in [-0.3, -0.25) is 9.69 Å². The first-order chi connectivity index (χ1) is 11.0. The predicted octanol–water partition coefficient (Wildman–Crippen LogP) is 2.23. The number of nitrogens with two attached hydrogens (primary N) is 1. The highest BCUT2D eigenvalue weighted by Crippen LogP contribution is 2.20. The number of hydrogen-bond donors (Lipinski definition) is 1. The van der Waals surface area contributed by atoms with Gasteiger partial charge < -0.3 is 10.6 Å². The van der Waals surface area contributed by atoms with E-state index in [0.717, 1.165) is 44.7 Å². The minimum Gasteiger partial charge on any atom is -0.370 e. The summed E-state index contributed by atoms with van der Waals surface area (Å²) < 4.78 is 13.1. The quantitative estimate of drug-likeness (QED) is 0.874. The maximum absolute atomic E-state index is 13.1. The summed E-state index contributed by atoms with van der Waals surface area (Å²) in [6, 6.07) is 7.20. The molecule has 5 heteroatoms. The van der Waals surface area contributed by atoms with Crippen LogP contribution >= 0.6 is 0 Å². The van der Waals surface area contributed by atoms with Gasteiger partial charge >= 0.3 is 0 Å². The Hall–Kier alpha value is -1.46. The van der Waals surface area contributed by atoms with Crippen LogP contribution in [0.5, 0.6) is 0 Å². The van der Waals surface area contributed by atoms with Crippen LogP contribution in [-0.4, -0.2) is 47.9 Å². The van der Waals surface area contributed by atoms with Crippen LogP contribution in [0.25, 0.3) is 0 Å². The highest BCUT2D eigenvalue weighted by molar-refractivity contribution is 5.73. The van der Waals surface area contributed by atoms with Crippen molar-refractivity contribution in [2.45, 2.75) is 39.3 Å². The summed E-state index contributed by atoms with van der Waals surface area (Å²) in [6.45, 7) is 9.02. The Morgan fingerprint density at radius 2 is 2.00 bits per heavy atom. The van der Waals surface area contributed by atoms with Crippen molar-refractivity contribution in [1.82, 2.24) is 9.80 Å². The number of amides is 1. The van der Waals surface area contributed by atoms with Gasteiger partial charge in [0.05, 0.1) is 0 Å². The molecule has 23 heavy (non-hydrogen) atoms. The number of primary amides is 1. The summed E-state index contributed by atoms with van der Waals surface area (Å²) in [5, 5.41) is 0. The average Bonchev–Trinajstić information content (AvgIpc) is 2.70. The van der Waals surface area contributed by atoms with E-state index in [2.05, 4.69) is 23.6 Å². The van der Waals surface area contributed by atoms with Gasteiger partial charge in [-0.1, -0.05) is 26.0 Å². The third-order valence-electron chi connectivity index (χ3n) is 4.58. The van der Waals surface area contributed by atoms with Crippen molar-refractivity contribution in [3.8, 4) is 0 Å². The molecule has 1 aliphatic rings. The maximum atomic E-state index is 13.1. The zero-order chi connectivity index (χ0) is 16.8. The van der Waals surface area contributed by atoms with Crippen molar-refractivity contribution in [2.75, 3.05) is 26.2 Å². The molecule has 0 aliphatic carbocycles. The molecule has 1 heterocycles. The highest BCUT2D eigenvalue weighted by atomic mass is 19.1. The van der Waals surface area contributed by atoms with Crippen molar-refractivity contribution in [2.24, 2.45) is 11.7 Å². The van der Waals surface area contributed by atoms with Gasteiger partial charge in [-0.2, -0.15) is 0 Å². The predicted molar refractivity (Wildman–Crippen MR) is 90.3 cm³/mol. The molecular weight excluding hydrogens is 293 g/mol. The fourth-order valence-electron chi connectivity index (χ4n) is 3.26. The van der Waals surface area contributed by atoms with E-state index in [4.69, 9.17) is 5.73 Å². The van der Waals surface area contributed by atoms with Gasteiger partial charge in [-0.15, -0.1) is 0 Å². The van der Waals surface area contributed by atoms with E-state index >= 15 is 0 Å². The molecule has 1 fully saturated rings. The molecule has 1 amide bonds. The largest absolute Gasteiger partial charge is 0.370 e. The normalized spacial score (nSPS) is 20.6. The average molecular weight is 321 g/mol. The van der Waals surface area contributed by atoms with Gasteiger partial charge in [0.25, 0.3) is 0 Å². The maximum Gasteiger partial charge on any atom is 0.218 e. The molecule has 1 atom stereocenters. The van der Waals surface area contributed by atoms with Crippen LogP contribution in [0.15, 0.2) is 24.3 Å². The van der Waals surface area contributed by atoms with Crippen molar-refractivity contribution in [3.05, 3.63) is 35.6 Å². The van der Waals surface area contributed by atoms with E-state index in [-0.39, 0.29) is 11.7 Å². The lowest BCUT2D eigenvalue weighted by molar-refractivity contribution is -0.118. The first-order valence-electron chi connectivity index (χ1n) is 8.45. The Labute approximate surface area is 138 Å². The van der Waals surface area contributed by atoms with Crippen LogP contribution in [0.4, 0.5) is 4.39 Å². The number of nitrogens with zero attached hydrogens (tertiary/aromatic N) is 2. The van der Waals surface area contributed by atoms with Crippen LogP contribution in [-0.2, 0) is 11.3 Å². The first kappa shape index (κ1) is 17.9. The summed E-state index contributed by atoms with van der Waals surface area (Å²) in [5.41, 5.74) is 6.42. The minimum atomic E-state index is -0.237. The summed E-state index contributed by atoms with van der Waals surface area (Å²) >= 11 is 0. The third kappa shape index (κ3) is 5.59. The molecule has 1 aromatic carbocycles. The lowest BCUT2D eigenvalue weighted by Gasteiger charge is -2.34. The Morgan fingerprint density at radius 3 is 2.61 bits per heavy atom. The standard InChI is InChI=1S/C18H28FN3O/c1-14(2)17-13-21(11-8-18(20)23)9-3-10-22(17)12-15-4-6-16(19)7-5-15/h4-7,14,17H,3,8-13H2,1-2H3,(H2,20,23)/t17-/m0/s1. The number of carbonyl (C=O) groups excluding carboxylic acids is 1. The van der Waals surface area contributed by atoms with Crippen molar-refractivity contribution >= 4 is 5.91 Å². The molecule has 0 saturated carbocycles. The van der Waals surface area contributed by atoms with E-state index in [1.165, 1.54) is 12.1 Å². The van der Waals surface area contributed by atoms with E-state index in [9.17, 15) is 9.18 Å². The van der Waals surface area contributed by atoms with Crippen LogP contribution in [0.1, 0.15) is 32.3 Å². The molecule has 1 aliphatic heterocycles. The number of halogens is 1. The summed E-state index contributed by atoms with van der Waals surface area (Å²) in [6.07, 6.45) is 1.49. The second kappa shape index (κ2) is 8.41. The molecule has 0 aromatic heterocycles. The van der Waals surface area contributed by atoms with Gasteiger partial charge in [0, 0.05) is 38.6 Å². The molecule has 1 saturated heterocycles. The van der Waals surface area contributed by atoms with Crippen molar-refractivity contribution in [1.29, 1.82) is 0 Å². The zero-order valence-corrected chi connectivity index (χ0v) is 14.2. The summed E-state index contributed by atoms with van der Waals surface area (Å²) in [4.78, 5) is 15.9. The fraction of sp³-hybridized carbons (Fsp3) is 0.611. The third-order valence-corrected chi connectivity index (χ3v) is 4.58. The minimum absolute atomic E-state index is 0.192. The van der Waals surface area contributed by atoms with E-state index in [1.54, 1.807) is 0 Å². The number of benzene rings is 1. The lowest BCUT2D eigenvalue weighted by atomic mass is 10.0. The molecular formula is C18H28FN3O. The highest BCUT2D eigenvalue weighted by Gasteiger charge is 2.27. The Balaban J connectivity index is 2.03. The summed E-state index contributed by atoms with van der Waals surface area (Å²) in [7, 11) is 0. The van der Waals surface area contributed by atoms with Crippen LogP contribution < -0.4 is 5.73 Å². The van der Waals surface area contributed by atoms with E-state index < -0.39 is 0 Å². The molecule has 0 spiro atoms. The Kier molecular flexibility index (Phi) is 6.54. The van der Waals surface area contributed by atoms with Gasteiger partial charge in [-0.25, -0.2) is 4.39 Å². The number of carbonyl (C=O) groups is 1. The van der Waals surface area contributed by atoms with Gasteiger partial charge in [0.15, 0.2) is 0 Å². The molecule has 0 radical (unpaired) electrons. The molecule has 0 unspecified atom stereocenters. The van der Waals surface area contributed by atoms with E-state index in [1.807, 2.05) is 12.1 Å². The van der Waals surface area contributed by atoms with Crippen LogP contribution in [0.2, 0.25) is 0 Å². The Morgan fingerprint density at radius 1 is 1.30 bits per heavy atom. The fourth-order valence-corrected chi connectivity index (χ4v) is 3.26. The van der Waals surface area contributed by atoms with Gasteiger partial charge in [-0.05, 0) is 36.6 Å². The molecule has 2 N–H and O–H groups in total. The van der Waals surface area contributed by atoms with Crippen molar-refractivity contribution in [3.63, 3.8) is 0 Å². The zero-order valence-electron chi connectivity index (χ0n) is 14.2. The first-order valence-corrected chi connectivity index (χ1v) is 8.45. The lowest BCUT2D eigenvalue weighted by Crippen LogP contribution is -2.44. The van der Waals surface area contributed by atoms with Crippen LogP contribution in [0.3, 0.4) is 0 Å². The second-order valence-corrected chi connectivity index (χ2v) is 6.78. The Bertz CT molecular complexity index is 503. The van der Waals surface area contributed by atoms with Crippen LogP contribution in [0, 0.1) is 11.7 Å². The number of hydrogen-bond acceptors (Lipinski definition) is 3. The molecule has 128 valence electrons. The van der Waals surface area contributed by atoms with E-state index in [0.29, 0.717) is 18.4 Å². The number of rotatable bonds is 6. The summed E-state index contributed by atoms with van der Waals surface area (Å²) in [5.74, 6) is 0.0887. The molecule has 0 bridgehead atoms. The van der Waals surface area contributed by atoms with Crippen molar-refractivity contribution < 1.29 is 9.18 Å². The van der Waals surface area contributed by atoms with Gasteiger partial charge in [0.2, 0.25) is 5.91 Å². The molecule has 4 nitrogen and oxygen atoms in total. The SMILES string of the molecule is CC(C)[C@@H]1CN(CCC(N)=O)CCCN1Cc1ccc(F)cc1. The second-order valence-electron chi connectivity index (χ2n) is 6.78. The monoisotopic (exact) mass is 321 g/mol. The van der Waals surface area contributed by atoms with Gasteiger partial charge in [0.1, 0.15) is 5.82 Å².